The molecule has 0 bridgehead atoms. The zero-order valence-corrected chi connectivity index (χ0v) is 13.6. The predicted molar refractivity (Wildman–Crippen MR) is 85.7 cm³/mol. The smallest absolute Gasteiger partial charge is 0.248 e. The van der Waals surface area contributed by atoms with Gasteiger partial charge in [0.15, 0.2) is 0 Å². The second kappa shape index (κ2) is 8.88. The normalized spacial score (nSPS) is 16.0. The zero-order chi connectivity index (χ0) is 15.8. The maximum atomic E-state index is 12.0. The molecule has 0 atom stereocenters. The quantitative estimate of drug-likeness (QED) is 0.712. The molecule has 0 saturated carbocycles. The molecule has 1 aromatic rings. The SMILES string of the molecule is COCCOCC(=O)N1CCN(Cc2cccc(C)c2)CC1. The van der Waals surface area contributed by atoms with Gasteiger partial charge in [-0.2, -0.15) is 0 Å². The zero-order valence-electron chi connectivity index (χ0n) is 13.6. The van der Waals surface area contributed by atoms with E-state index in [-0.39, 0.29) is 12.5 Å². The first-order chi connectivity index (χ1) is 10.7. The molecule has 0 radical (unpaired) electrons. The van der Waals surface area contributed by atoms with E-state index in [9.17, 15) is 4.79 Å². The molecule has 1 heterocycles. The monoisotopic (exact) mass is 306 g/mol. The first-order valence-corrected chi connectivity index (χ1v) is 7.81. The molecule has 0 spiro atoms. The maximum Gasteiger partial charge on any atom is 0.248 e. The summed E-state index contributed by atoms with van der Waals surface area (Å²) in [6.07, 6.45) is 0. The number of piperazine rings is 1. The van der Waals surface area contributed by atoms with E-state index in [2.05, 4.69) is 36.1 Å². The van der Waals surface area contributed by atoms with E-state index in [0.29, 0.717) is 13.2 Å². The lowest BCUT2D eigenvalue weighted by atomic mass is 10.1. The van der Waals surface area contributed by atoms with Crippen molar-refractivity contribution in [2.75, 3.05) is 53.1 Å². The Morgan fingerprint density at radius 2 is 1.95 bits per heavy atom. The van der Waals surface area contributed by atoms with Crippen LogP contribution in [0.4, 0.5) is 0 Å². The van der Waals surface area contributed by atoms with Gasteiger partial charge in [0.2, 0.25) is 5.91 Å². The summed E-state index contributed by atoms with van der Waals surface area (Å²) in [5.41, 5.74) is 2.63. The molecule has 1 aliphatic heterocycles. The van der Waals surface area contributed by atoms with Gasteiger partial charge in [0.1, 0.15) is 6.61 Å². The fraction of sp³-hybridized carbons (Fsp3) is 0.588. The predicted octanol–water partition coefficient (Wildman–Crippen LogP) is 1.30. The minimum atomic E-state index is 0.0753. The molecule has 122 valence electrons. The average molecular weight is 306 g/mol. The fourth-order valence-corrected chi connectivity index (χ4v) is 2.62. The Labute approximate surface area is 132 Å². The molecular formula is C17H26N2O3. The Bertz CT molecular complexity index is 471. The van der Waals surface area contributed by atoms with Crippen molar-refractivity contribution < 1.29 is 14.3 Å². The summed E-state index contributed by atoms with van der Waals surface area (Å²) < 4.78 is 10.2. The van der Waals surface area contributed by atoms with Gasteiger partial charge in [-0.15, -0.1) is 0 Å². The minimum Gasteiger partial charge on any atom is -0.382 e. The van der Waals surface area contributed by atoms with Crippen LogP contribution in [0.15, 0.2) is 24.3 Å². The molecule has 0 aromatic heterocycles. The number of carbonyl (C=O) groups excluding carboxylic acids is 1. The van der Waals surface area contributed by atoms with Crippen molar-refractivity contribution >= 4 is 5.91 Å². The summed E-state index contributed by atoms with van der Waals surface area (Å²) in [5.74, 6) is 0.0753. The number of nitrogens with zero attached hydrogens (tertiary/aromatic N) is 2. The van der Waals surface area contributed by atoms with Crippen LogP contribution in [-0.4, -0.2) is 68.8 Å². The average Bonchev–Trinajstić information content (AvgIpc) is 2.52. The molecule has 1 aliphatic rings. The van der Waals surface area contributed by atoms with E-state index in [4.69, 9.17) is 9.47 Å². The van der Waals surface area contributed by atoms with E-state index in [0.717, 1.165) is 32.7 Å². The fourth-order valence-electron chi connectivity index (χ4n) is 2.62. The lowest BCUT2D eigenvalue weighted by Crippen LogP contribution is -2.49. The summed E-state index contributed by atoms with van der Waals surface area (Å²) >= 11 is 0. The topological polar surface area (TPSA) is 42.0 Å². The van der Waals surface area contributed by atoms with Crippen molar-refractivity contribution in [3.8, 4) is 0 Å². The molecule has 0 N–H and O–H groups in total. The Morgan fingerprint density at radius 3 is 2.64 bits per heavy atom. The molecular weight excluding hydrogens is 280 g/mol. The number of amides is 1. The number of ether oxygens (including phenoxy) is 2. The number of aryl methyl sites for hydroxylation is 1. The summed E-state index contributed by atoms with van der Waals surface area (Å²) in [5, 5.41) is 0. The first-order valence-electron chi connectivity index (χ1n) is 7.81. The highest BCUT2D eigenvalue weighted by molar-refractivity contribution is 5.77. The molecule has 5 nitrogen and oxygen atoms in total. The van der Waals surface area contributed by atoms with E-state index >= 15 is 0 Å². The first kappa shape index (κ1) is 16.9. The van der Waals surface area contributed by atoms with Gasteiger partial charge in [-0.05, 0) is 12.5 Å². The van der Waals surface area contributed by atoms with Crippen LogP contribution in [0.3, 0.4) is 0 Å². The number of benzene rings is 1. The van der Waals surface area contributed by atoms with Crippen molar-refractivity contribution in [1.82, 2.24) is 9.80 Å². The molecule has 1 aromatic carbocycles. The Morgan fingerprint density at radius 1 is 1.18 bits per heavy atom. The number of carbonyl (C=O) groups is 1. The van der Waals surface area contributed by atoms with Gasteiger partial charge in [-0.1, -0.05) is 29.8 Å². The van der Waals surface area contributed by atoms with Crippen molar-refractivity contribution in [1.29, 1.82) is 0 Å². The second-order valence-corrected chi connectivity index (χ2v) is 5.69. The largest absolute Gasteiger partial charge is 0.382 e. The Kier molecular flexibility index (Phi) is 6.83. The van der Waals surface area contributed by atoms with Gasteiger partial charge in [0.05, 0.1) is 13.2 Å². The van der Waals surface area contributed by atoms with Crippen LogP contribution in [0.5, 0.6) is 0 Å². The lowest BCUT2D eigenvalue weighted by Gasteiger charge is -2.34. The van der Waals surface area contributed by atoms with Gasteiger partial charge in [-0.3, -0.25) is 9.69 Å². The van der Waals surface area contributed by atoms with E-state index < -0.39 is 0 Å². The molecule has 22 heavy (non-hydrogen) atoms. The van der Waals surface area contributed by atoms with Crippen LogP contribution >= 0.6 is 0 Å². The van der Waals surface area contributed by atoms with Gasteiger partial charge < -0.3 is 14.4 Å². The molecule has 0 unspecified atom stereocenters. The highest BCUT2D eigenvalue weighted by Gasteiger charge is 2.20. The van der Waals surface area contributed by atoms with Gasteiger partial charge in [-0.25, -0.2) is 0 Å². The second-order valence-electron chi connectivity index (χ2n) is 5.69. The van der Waals surface area contributed by atoms with Crippen molar-refractivity contribution in [2.24, 2.45) is 0 Å². The van der Waals surface area contributed by atoms with Crippen LogP contribution in [0.2, 0.25) is 0 Å². The van der Waals surface area contributed by atoms with Crippen LogP contribution in [0, 0.1) is 6.92 Å². The van der Waals surface area contributed by atoms with Crippen LogP contribution in [0.25, 0.3) is 0 Å². The maximum absolute atomic E-state index is 12.0. The summed E-state index contributed by atoms with van der Waals surface area (Å²) in [4.78, 5) is 16.3. The summed E-state index contributed by atoms with van der Waals surface area (Å²) in [7, 11) is 1.62. The van der Waals surface area contributed by atoms with Gasteiger partial charge >= 0.3 is 0 Å². The third-order valence-electron chi connectivity index (χ3n) is 3.87. The molecule has 1 saturated heterocycles. The lowest BCUT2D eigenvalue weighted by molar-refractivity contribution is -0.138. The third-order valence-corrected chi connectivity index (χ3v) is 3.87. The Balaban J connectivity index is 1.70. The van der Waals surface area contributed by atoms with Crippen molar-refractivity contribution in [3.05, 3.63) is 35.4 Å². The summed E-state index contributed by atoms with van der Waals surface area (Å²) in [6.45, 7) is 7.60. The standard InChI is InChI=1S/C17H26N2O3/c1-15-4-3-5-16(12-15)13-18-6-8-19(9-7-18)17(20)14-22-11-10-21-2/h3-5,12H,6-11,13-14H2,1-2H3. The summed E-state index contributed by atoms with van der Waals surface area (Å²) in [6, 6.07) is 8.60. The van der Waals surface area contributed by atoms with E-state index in [1.165, 1.54) is 11.1 Å². The van der Waals surface area contributed by atoms with Gasteiger partial charge in [0, 0.05) is 39.8 Å². The third kappa shape index (κ3) is 5.40. The highest BCUT2D eigenvalue weighted by atomic mass is 16.5. The number of hydrogen-bond donors (Lipinski definition) is 0. The van der Waals surface area contributed by atoms with E-state index in [1.54, 1.807) is 7.11 Å². The molecule has 1 amide bonds. The molecule has 1 fully saturated rings. The highest BCUT2D eigenvalue weighted by Crippen LogP contribution is 2.10. The number of methoxy groups -OCH3 is 1. The van der Waals surface area contributed by atoms with Crippen molar-refractivity contribution in [2.45, 2.75) is 13.5 Å². The van der Waals surface area contributed by atoms with Crippen molar-refractivity contribution in [3.63, 3.8) is 0 Å². The van der Waals surface area contributed by atoms with Crippen LogP contribution < -0.4 is 0 Å². The molecule has 2 rings (SSSR count). The van der Waals surface area contributed by atoms with Gasteiger partial charge in [0.25, 0.3) is 0 Å². The van der Waals surface area contributed by atoms with E-state index in [1.807, 2.05) is 4.90 Å². The molecule has 0 aliphatic carbocycles. The number of rotatable bonds is 7. The molecule has 5 heteroatoms. The Hall–Kier alpha value is -1.43. The number of hydrogen-bond acceptors (Lipinski definition) is 4. The van der Waals surface area contributed by atoms with Crippen LogP contribution in [-0.2, 0) is 20.8 Å². The van der Waals surface area contributed by atoms with Crippen LogP contribution in [0.1, 0.15) is 11.1 Å². The minimum absolute atomic E-state index is 0.0753.